The predicted octanol–water partition coefficient (Wildman–Crippen LogP) is 1.30. The first-order chi connectivity index (χ1) is 7.27. The fourth-order valence-electron chi connectivity index (χ4n) is 1.64. The van der Waals surface area contributed by atoms with Crippen LogP contribution in [0.25, 0.3) is 0 Å². The van der Waals surface area contributed by atoms with Gasteiger partial charge in [0.05, 0.1) is 11.6 Å². The summed E-state index contributed by atoms with van der Waals surface area (Å²) in [6, 6.07) is 0.103. The van der Waals surface area contributed by atoms with Gasteiger partial charge in [-0.05, 0) is 7.05 Å². The molecule has 1 aliphatic heterocycles. The van der Waals surface area contributed by atoms with E-state index in [2.05, 4.69) is 9.88 Å². The number of thioether (sulfide) groups is 1. The van der Waals surface area contributed by atoms with Gasteiger partial charge < -0.3 is 0 Å². The second-order valence-electron chi connectivity index (χ2n) is 3.68. The van der Waals surface area contributed by atoms with Crippen LogP contribution in [0.15, 0.2) is 11.7 Å². The van der Waals surface area contributed by atoms with E-state index in [0.29, 0.717) is 12.2 Å². The largest absolute Gasteiger partial charge is 0.297 e. The monoisotopic (exact) mass is 242 g/mol. The minimum absolute atomic E-state index is 0.103. The number of rotatable bonds is 3. The van der Waals surface area contributed by atoms with Crippen molar-refractivity contribution < 1.29 is 4.79 Å². The highest BCUT2D eigenvalue weighted by atomic mass is 32.2. The third-order valence-electron chi connectivity index (χ3n) is 2.60. The number of carbonyl (C=O) groups is 1. The molecule has 0 aliphatic carbocycles. The van der Waals surface area contributed by atoms with Crippen molar-refractivity contribution >= 4 is 28.9 Å². The number of nitrogens with zero attached hydrogens (tertiary/aromatic N) is 2. The van der Waals surface area contributed by atoms with E-state index in [0.717, 1.165) is 22.9 Å². The van der Waals surface area contributed by atoms with Crippen LogP contribution < -0.4 is 0 Å². The molecule has 3 nitrogen and oxygen atoms in total. The Labute approximate surface area is 97.9 Å². The van der Waals surface area contributed by atoms with Crippen LogP contribution in [0.3, 0.4) is 0 Å². The maximum Gasteiger partial charge on any atom is 0.156 e. The average Bonchev–Trinajstić information content (AvgIpc) is 2.71. The molecule has 0 saturated carbocycles. The van der Waals surface area contributed by atoms with Crippen LogP contribution in [-0.2, 0) is 11.2 Å². The van der Waals surface area contributed by atoms with Crippen molar-refractivity contribution in [1.82, 2.24) is 9.88 Å². The lowest BCUT2D eigenvalue weighted by Gasteiger charge is -2.30. The molecular weight excluding hydrogens is 228 g/mol. The Bertz CT molecular complexity index is 326. The molecule has 1 aromatic rings. The molecule has 2 heterocycles. The molecule has 5 heteroatoms. The minimum atomic E-state index is 0.103. The van der Waals surface area contributed by atoms with E-state index in [1.807, 2.05) is 18.8 Å². The van der Waals surface area contributed by atoms with Crippen molar-refractivity contribution in [1.29, 1.82) is 0 Å². The summed E-state index contributed by atoms with van der Waals surface area (Å²) in [5.41, 5.74) is 1.78. The number of likely N-dealkylation sites (N-methyl/N-ethyl adjacent to an activating group) is 1. The summed E-state index contributed by atoms with van der Waals surface area (Å²) in [6.07, 6.45) is 2.33. The summed E-state index contributed by atoms with van der Waals surface area (Å²) in [5.74, 6) is 2.41. The van der Waals surface area contributed by atoms with Gasteiger partial charge in [-0.3, -0.25) is 14.7 Å². The van der Waals surface area contributed by atoms with Crippen molar-refractivity contribution in [3.63, 3.8) is 0 Å². The quantitative estimate of drug-likeness (QED) is 0.800. The Kier molecular flexibility index (Phi) is 3.77. The van der Waals surface area contributed by atoms with Gasteiger partial charge in [0.1, 0.15) is 0 Å². The minimum Gasteiger partial charge on any atom is -0.297 e. The Balaban J connectivity index is 1.95. The fraction of sp³-hybridized carbons (Fsp3) is 0.600. The number of aromatic nitrogens is 1. The molecule has 1 aliphatic rings. The summed E-state index contributed by atoms with van der Waals surface area (Å²) in [7, 11) is 2.04. The Morgan fingerprint density at radius 2 is 2.60 bits per heavy atom. The normalized spacial score (nSPS) is 22.9. The van der Waals surface area contributed by atoms with Gasteiger partial charge >= 0.3 is 0 Å². The second-order valence-corrected chi connectivity index (χ2v) is 5.80. The Morgan fingerprint density at radius 3 is 3.27 bits per heavy atom. The van der Waals surface area contributed by atoms with Gasteiger partial charge in [0.25, 0.3) is 0 Å². The summed E-state index contributed by atoms with van der Waals surface area (Å²) in [4.78, 5) is 19.2. The molecule has 0 spiro atoms. The topological polar surface area (TPSA) is 33.2 Å². The number of carbonyl (C=O) groups excluding carboxylic acids is 1. The summed E-state index contributed by atoms with van der Waals surface area (Å²) >= 11 is 3.43. The van der Waals surface area contributed by atoms with Crippen molar-refractivity contribution in [2.45, 2.75) is 12.5 Å². The molecule has 0 N–H and O–H groups in total. The van der Waals surface area contributed by atoms with Gasteiger partial charge in [-0.2, -0.15) is 11.8 Å². The summed E-state index contributed by atoms with van der Waals surface area (Å²) < 4.78 is 0. The molecule has 2 rings (SSSR count). The number of hydrogen-bond acceptors (Lipinski definition) is 5. The molecule has 1 fully saturated rings. The van der Waals surface area contributed by atoms with E-state index in [1.54, 1.807) is 23.0 Å². The number of Topliss-reactive ketones (excluding diaryl/α,β-unsaturated/α-hetero) is 1. The van der Waals surface area contributed by atoms with Crippen LogP contribution in [0.2, 0.25) is 0 Å². The van der Waals surface area contributed by atoms with E-state index < -0.39 is 0 Å². The van der Waals surface area contributed by atoms with E-state index in [-0.39, 0.29) is 6.04 Å². The molecule has 1 saturated heterocycles. The summed E-state index contributed by atoms with van der Waals surface area (Å²) in [5, 5.41) is 0. The lowest BCUT2D eigenvalue weighted by Crippen LogP contribution is -2.45. The molecule has 0 radical (unpaired) electrons. The molecule has 1 atom stereocenters. The van der Waals surface area contributed by atoms with Gasteiger partial charge in [0, 0.05) is 35.5 Å². The van der Waals surface area contributed by atoms with E-state index >= 15 is 0 Å². The zero-order chi connectivity index (χ0) is 10.7. The Hall–Kier alpha value is -0.390. The smallest absolute Gasteiger partial charge is 0.156 e. The van der Waals surface area contributed by atoms with Gasteiger partial charge in [0.2, 0.25) is 0 Å². The maximum atomic E-state index is 12.0. The van der Waals surface area contributed by atoms with Crippen molar-refractivity contribution in [3.8, 4) is 0 Å². The van der Waals surface area contributed by atoms with Crippen LogP contribution in [0, 0.1) is 0 Å². The predicted molar refractivity (Wildman–Crippen MR) is 64.6 cm³/mol. The molecule has 15 heavy (non-hydrogen) atoms. The highest BCUT2D eigenvalue weighted by Gasteiger charge is 2.26. The molecule has 0 aromatic carbocycles. The fourth-order valence-corrected chi connectivity index (χ4v) is 3.50. The molecule has 1 unspecified atom stereocenters. The van der Waals surface area contributed by atoms with E-state index in [1.165, 1.54) is 0 Å². The van der Waals surface area contributed by atoms with Crippen molar-refractivity contribution in [2.75, 3.05) is 25.1 Å². The first kappa shape index (κ1) is 11.1. The SMILES string of the molecule is CN1CCSCC1C(=O)Cc1cncs1. The zero-order valence-electron chi connectivity index (χ0n) is 8.68. The van der Waals surface area contributed by atoms with Gasteiger partial charge in [-0.1, -0.05) is 0 Å². The standard InChI is InChI=1S/C10H14N2OS2/c1-12-2-3-14-6-9(12)10(13)4-8-5-11-7-15-8/h5,7,9H,2-4,6H2,1H3. The highest BCUT2D eigenvalue weighted by Crippen LogP contribution is 2.17. The van der Waals surface area contributed by atoms with Crippen LogP contribution in [0.1, 0.15) is 4.88 Å². The van der Waals surface area contributed by atoms with E-state index in [9.17, 15) is 4.79 Å². The van der Waals surface area contributed by atoms with Gasteiger partial charge in [0.15, 0.2) is 5.78 Å². The average molecular weight is 242 g/mol. The number of ketones is 1. The van der Waals surface area contributed by atoms with Gasteiger partial charge in [-0.25, -0.2) is 0 Å². The van der Waals surface area contributed by atoms with Crippen molar-refractivity contribution in [2.24, 2.45) is 0 Å². The second kappa shape index (κ2) is 5.09. The van der Waals surface area contributed by atoms with Crippen LogP contribution in [-0.4, -0.2) is 46.8 Å². The lowest BCUT2D eigenvalue weighted by molar-refractivity contribution is -0.122. The first-order valence-electron chi connectivity index (χ1n) is 4.95. The maximum absolute atomic E-state index is 12.0. The first-order valence-corrected chi connectivity index (χ1v) is 6.99. The van der Waals surface area contributed by atoms with Crippen molar-refractivity contribution in [3.05, 3.63) is 16.6 Å². The van der Waals surface area contributed by atoms with E-state index in [4.69, 9.17) is 0 Å². The molecule has 1 aromatic heterocycles. The molecule has 0 amide bonds. The number of hydrogen-bond donors (Lipinski definition) is 0. The lowest BCUT2D eigenvalue weighted by atomic mass is 10.1. The third-order valence-corrected chi connectivity index (χ3v) is 4.40. The summed E-state index contributed by atoms with van der Waals surface area (Å²) in [6.45, 7) is 1.02. The molecule has 0 bridgehead atoms. The Morgan fingerprint density at radius 1 is 1.73 bits per heavy atom. The van der Waals surface area contributed by atoms with Crippen LogP contribution in [0.5, 0.6) is 0 Å². The van der Waals surface area contributed by atoms with Crippen LogP contribution >= 0.6 is 23.1 Å². The molecule has 82 valence electrons. The highest BCUT2D eigenvalue weighted by molar-refractivity contribution is 7.99. The molecular formula is C10H14N2OS2. The third kappa shape index (κ3) is 2.80. The zero-order valence-corrected chi connectivity index (χ0v) is 10.3. The van der Waals surface area contributed by atoms with Gasteiger partial charge in [-0.15, -0.1) is 11.3 Å². The number of thiazole rings is 1. The van der Waals surface area contributed by atoms with Crippen LogP contribution in [0.4, 0.5) is 0 Å².